The van der Waals surface area contributed by atoms with Crippen LogP contribution in [0.25, 0.3) is 0 Å². The van der Waals surface area contributed by atoms with E-state index >= 15 is 0 Å². The number of ether oxygens (including phenoxy) is 2. The lowest BCUT2D eigenvalue weighted by molar-refractivity contribution is -0.0183. The number of rotatable bonds is 7. The number of aliphatic hydroxyl groups excluding tert-OH is 1. The van der Waals surface area contributed by atoms with Crippen molar-refractivity contribution >= 4 is 0 Å². The van der Waals surface area contributed by atoms with Crippen LogP contribution in [0.3, 0.4) is 0 Å². The van der Waals surface area contributed by atoms with Crippen molar-refractivity contribution in [2.75, 3.05) is 26.4 Å². The van der Waals surface area contributed by atoms with E-state index in [2.05, 4.69) is 26.1 Å². The second-order valence-corrected chi connectivity index (χ2v) is 8.40. The van der Waals surface area contributed by atoms with Gasteiger partial charge in [-0.25, -0.2) is 0 Å². The molecule has 0 aromatic carbocycles. The molecule has 4 heteroatoms. The largest absolute Gasteiger partial charge is 0.389 e. The molecule has 3 fully saturated rings. The van der Waals surface area contributed by atoms with Gasteiger partial charge >= 0.3 is 0 Å². The van der Waals surface area contributed by atoms with Crippen LogP contribution in [0.5, 0.6) is 0 Å². The zero-order valence-corrected chi connectivity index (χ0v) is 14.4. The molecule has 128 valence electrons. The predicted molar refractivity (Wildman–Crippen MR) is 86.8 cm³/mol. The Kier molecular flexibility index (Phi) is 4.84. The van der Waals surface area contributed by atoms with E-state index in [1.807, 2.05) is 0 Å². The lowest BCUT2D eigenvalue weighted by Crippen LogP contribution is -2.47. The summed E-state index contributed by atoms with van der Waals surface area (Å²) >= 11 is 0. The highest BCUT2D eigenvalue weighted by molar-refractivity contribution is 5.13. The molecule has 3 rings (SSSR count). The van der Waals surface area contributed by atoms with Crippen molar-refractivity contribution in [1.29, 1.82) is 0 Å². The lowest BCUT2D eigenvalue weighted by atomic mass is 9.69. The number of nitrogens with one attached hydrogen (secondary N) is 1. The SMILES string of the molecule is CC1(C)[C@@H]2CC[C@]1(C)[C@H](NC[C@H](O)COC[C@H]1CCCO1)C2. The van der Waals surface area contributed by atoms with Crippen LogP contribution in [0.1, 0.15) is 52.9 Å². The Morgan fingerprint density at radius 2 is 2.14 bits per heavy atom. The van der Waals surface area contributed by atoms with E-state index in [0.717, 1.165) is 25.4 Å². The van der Waals surface area contributed by atoms with Gasteiger partial charge < -0.3 is 19.9 Å². The van der Waals surface area contributed by atoms with E-state index in [1.54, 1.807) is 0 Å². The molecule has 1 saturated heterocycles. The molecule has 1 aliphatic heterocycles. The first-order valence-electron chi connectivity index (χ1n) is 9.04. The number of fused-ring (bicyclic) bond motifs is 2. The summed E-state index contributed by atoms with van der Waals surface area (Å²) in [6.45, 7) is 9.79. The van der Waals surface area contributed by atoms with E-state index < -0.39 is 6.10 Å². The summed E-state index contributed by atoms with van der Waals surface area (Å²) in [6.07, 6.45) is 5.98. The number of hydrogen-bond acceptors (Lipinski definition) is 4. The summed E-state index contributed by atoms with van der Waals surface area (Å²) in [5.41, 5.74) is 0.794. The zero-order chi connectivity index (χ0) is 15.8. The fraction of sp³-hybridized carbons (Fsp3) is 1.00. The van der Waals surface area contributed by atoms with Crippen molar-refractivity contribution in [3.8, 4) is 0 Å². The van der Waals surface area contributed by atoms with Gasteiger partial charge in [0.1, 0.15) is 0 Å². The molecule has 0 amide bonds. The fourth-order valence-corrected chi connectivity index (χ4v) is 4.96. The predicted octanol–water partition coefficient (Wildman–Crippen LogP) is 2.35. The van der Waals surface area contributed by atoms with Gasteiger partial charge in [0, 0.05) is 19.2 Å². The molecule has 5 atom stereocenters. The van der Waals surface area contributed by atoms with Gasteiger partial charge in [-0.1, -0.05) is 20.8 Å². The van der Waals surface area contributed by atoms with Gasteiger partial charge in [-0.15, -0.1) is 0 Å². The molecule has 2 saturated carbocycles. The summed E-state index contributed by atoms with van der Waals surface area (Å²) in [5.74, 6) is 0.836. The second kappa shape index (κ2) is 6.39. The highest BCUT2D eigenvalue weighted by Gasteiger charge is 2.60. The molecule has 2 N–H and O–H groups in total. The van der Waals surface area contributed by atoms with E-state index in [-0.39, 0.29) is 6.10 Å². The van der Waals surface area contributed by atoms with Crippen LogP contribution >= 0.6 is 0 Å². The molecule has 22 heavy (non-hydrogen) atoms. The van der Waals surface area contributed by atoms with Crippen molar-refractivity contribution < 1.29 is 14.6 Å². The number of aliphatic hydroxyl groups is 1. The van der Waals surface area contributed by atoms with E-state index in [1.165, 1.54) is 19.3 Å². The number of hydrogen-bond donors (Lipinski definition) is 2. The second-order valence-electron chi connectivity index (χ2n) is 8.40. The van der Waals surface area contributed by atoms with Crippen molar-refractivity contribution in [2.45, 2.75) is 71.1 Å². The maximum Gasteiger partial charge on any atom is 0.0897 e. The van der Waals surface area contributed by atoms with Crippen molar-refractivity contribution in [3.63, 3.8) is 0 Å². The van der Waals surface area contributed by atoms with E-state index in [9.17, 15) is 5.11 Å². The highest BCUT2D eigenvalue weighted by atomic mass is 16.5. The average molecular weight is 311 g/mol. The Balaban J connectivity index is 1.37. The first-order chi connectivity index (χ1) is 10.4. The minimum Gasteiger partial charge on any atom is -0.389 e. The summed E-state index contributed by atoms with van der Waals surface area (Å²) in [4.78, 5) is 0. The third-order valence-corrected chi connectivity index (χ3v) is 7.03. The summed E-state index contributed by atoms with van der Waals surface area (Å²) in [6, 6.07) is 0.536. The molecule has 2 aliphatic carbocycles. The molecule has 4 nitrogen and oxygen atoms in total. The molecule has 0 aromatic rings. The van der Waals surface area contributed by atoms with Crippen LogP contribution in [-0.4, -0.2) is 49.7 Å². The van der Waals surface area contributed by atoms with Crippen LogP contribution in [0.2, 0.25) is 0 Å². The highest BCUT2D eigenvalue weighted by Crippen LogP contribution is 2.65. The lowest BCUT2D eigenvalue weighted by Gasteiger charge is -2.40. The Morgan fingerprint density at radius 3 is 2.73 bits per heavy atom. The van der Waals surface area contributed by atoms with Gasteiger partial charge in [-0.2, -0.15) is 0 Å². The van der Waals surface area contributed by atoms with Crippen LogP contribution < -0.4 is 5.32 Å². The Labute approximate surface area is 134 Å². The summed E-state index contributed by atoms with van der Waals surface area (Å²) in [7, 11) is 0. The third-order valence-electron chi connectivity index (χ3n) is 7.03. The summed E-state index contributed by atoms with van der Waals surface area (Å²) < 4.78 is 11.1. The van der Waals surface area contributed by atoms with Crippen LogP contribution in [-0.2, 0) is 9.47 Å². The normalized spacial score (nSPS) is 41.2. The maximum absolute atomic E-state index is 10.1. The molecular formula is C18H33NO3. The Hall–Kier alpha value is -0.160. The van der Waals surface area contributed by atoms with Gasteiger partial charge in [0.25, 0.3) is 0 Å². The summed E-state index contributed by atoms with van der Waals surface area (Å²) in [5, 5.41) is 13.8. The van der Waals surface area contributed by atoms with Crippen LogP contribution in [0.15, 0.2) is 0 Å². The van der Waals surface area contributed by atoms with Crippen molar-refractivity contribution in [3.05, 3.63) is 0 Å². The van der Waals surface area contributed by atoms with E-state index in [0.29, 0.717) is 36.6 Å². The fourth-order valence-electron chi connectivity index (χ4n) is 4.96. The minimum atomic E-state index is -0.424. The smallest absolute Gasteiger partial charge is 0.0897 e. The molecule has 0 unspecified atom stereocenters. The first-order valence-corrected chi connectivity index (χ1v) is 9.04. The van der Waals surface area contributed by atoms with Gasteiger partial charge in [-0.05, 0) is 48.9 Å². The van der Waals surface area contributed by atoms with Crippen LogP contribution in [0.4, 0.5) is 0 Å². The molecular weight excluding hydrogens is 278 g/mol. The van der Waals surface area contributed by atoms with Crippen molar-refractivity contribution in [2.24, 2.45) is 16.7 Å². The average Bonchev–Trinajstić information content (AvgIpc) is 3.10. The zero-order valence-electron chi connectivity index (χ0n) is 14.4. The molecule has 1 heterocycles. The van der Waals surface area contributed by atoms with Crippen LogP contribution in [0, 0.1) is 16.7 Å². The molecule has 2 bridgehead atoms. The molecule has 0 radical (unpaired) electrons. The topological polar surface area (TPSA) is 50.7 Å². The van der Waals surface area contributed by atoms with Crippen molar-refractivity contribution in [1.82, 2.24) is 5.32 Å². The third kappa shape index (κ3) is 2.95. The minimum absolute atomic E-state index is 0.241. The molecule has 0 aromatic heterocycles. The Bertz CT molecular complexity index is 381. The molecule has 3 aliphatic rings. The van der Waals surface area contributed by atoms with Gasteiger partial charge in [0.15, 0.2) is 0 Å². The quantitative estimate of drug-likeness (QED) is 0.758. The first kappa shape index (κ1) is 16.7. The van der Waals surface area contributed by atoms with Gasteiger partial charge in [0.2, 0.25) is 0 Å². The Morgan fingerprint density at radius 1 is 1.32 bits per heavy atom. The van der Waals surface area contributed by atoms with Gasteiger partial charge in [-0.3, -0.25) is 0 Å². The van der Waals surface area contributed by atoms with E-state index in [4.69, 9.17) is 9.47 Å². The maximum atomic E-state index is 10.1. The monoisotopic (exact) mass is 311 g/mol. The standard InChI is InChI=1S/C18H33NO3/c1-17(2)13-6-7-18(17,3)16(9-13)19-10-14(20)11-21-12-15-5-4-8-22-15/h13-16,19-20H,4-12H2,1-3H3/t13-,14+,15-,16-,18-/m1/s1. The molecule has 0 spiro atoms. The van der Waals surface area contributed by atoms with Gasteiger partial charge in [0.05, 0.1) is 25.4 Å².